The Kier molecular flexibility index (Phi) is 5.53. The molecule has 1 aliphatic rings. The molecule has 5 nitrogen and oxygen atoms in total. The molecule has 1 aromatic heterocycles. The third kappa shape index (κ3) is 3.92. The summed E-state index contributed by atoms with van der Waals surface area (Å²) in [5.74, 6) is 0.975. The molecule has 0 aliphatic carbocycles. The van der Waals surface area contributed by atoms with Crippen molar-refractivity contribution in [3.05, 3.63) is 76.3 Å². The van der Waals surface area contributed by atoms with Crippen LogP contribution in [0.2, 0.25) is 0 Å². The van der Waals surface area contributed by atoms with Gasteiger partial charge >= 0.3 is 0 Å². The highest BCUT2D eigenvalue weighted by Crippen LogP contribution is 2.26. The fourth-order valence-electron chi connectivity index (χ4n) is 4.00. The molecule has 1 aliphatic heterocycles. The standard InChI is InChI=1S/C25H28N4O/c1-17-7-5-6-8-21(17)25(30)29-13-11-28(12-14-29)24-10-9-23(26-27-24)22-16-19(3)18(2)15-20(22)4/h5-10,15-16H,11-14H2,1-4H3. The molecule has 0 radical (unpaired) electrons. The summed E-state index contributed by atoms with van der Waals surface area (Å²) in [5.41, 5.74) is 7.60. The first kappa shape index (κ1) is 20.1. The van der Waals surface area contributed by atoms with Gasteiger partial charge in [-0.05, 0) is 74.2 Å². The minimum atomic E-state index is 0.111. The van der Waals surface area contributed by atoms with Gasteiger partial charge in [-0.25, -0.2) is 0 Å². The molecular formula is C25H28N4O. The van der Waals surface area contributed by atoms with E-state index in [1.54, 1.807) is 0 Å². The molecular weight excluding hydrogens is 372 g/mol. The van der Waals surface area contributed by atoms with Gasteiger partial charge in [-0.2, -0.15) is 0 Å². The first-order valence-electron chi connectivity index (χ1n) is 10.5. The number of aryl methyl sites for hydroxylation is 4. The number of carbonyl (C=O) groups is 1. The van der Waals surface area contributed by atoms with E-state index in [-0.39, 0.29) is 5.91 Å². The molecule has 154 valence electrons. The lowest BCUT2D eigenvalue weighted by Gasteiger charge is -2.35. The highest BCUT2D eigenvalue weighted by molar-refractivity contribution is 5.95. The van der Waals surface area contributed by atoms with E-state index in [2.05, 4.69) is 48.0 Å². The molecule has 30 heavy (non-hydrogen) atoms. The number of nitrogens with zero attached hydrogens (tertiary/aromatic N) is 4. The lowest BCUT2D eigenvalue weighted by atomic mass is 9.99. The summed E-state index contributed by atoms with van der Waals surface area (Å²) in [6.45, 7) is 11.2. The van der Waals surface area contributed by atoms with E-state index in [9.17, 15) is 4.79 Å². The van der Waals surface area contributed by atoms with Gasteiger partial charge < -0.3 is 9.80 Å². The largest absolute Gasteiger partial charge is 0.352 e. The average molecular weight is 401 g/mol. The molecule has 1 fully saturated rings. The van der Waals surface area contributed by atoms with Crippen LogP contribution in [-0.2, 0) is 0 Å². The van der Waals surface area contributed by atoms with E-state index < -0.39 is 0 Å². The van der Waals surface area contributed by atoms with Gasteiger partial charge in [0.05, 0.1) is 5.69 Å². The number of piperazine rings is 1. The topological polar surface area (TPSA) is 49.3 Å². The minimum absolute atomic E-state index is 0.111. The fourth-order valence-corrected chi connectivity index (χ4v) is 4.00. The molecule has 0 saturated carbocycles. The van der Waals surface area contributed by atoms with E-state index in [0.717, 1.165) is 41.3 Å². The maximum Gasteiger partial charge on any atom is 0.254 e. The summed E-state index contributed by atoms with van der Waals surface area (Å²) in [6.07, 6.45) is 0. The molecule has 0 N–H and O–H groups in total. The Bertz CT molecular complexity index is 1070. The number of amides is 1. The Morgan fingerprint density at radius 3 is 2.13 bits per heavy atom. The smallest absolute Gasteiger partial charge is 0.254 e. The zero-order valence-corrected chi connectivity index (χ0v) is 18.1. The molecule has 1 amide bonds. The van der Waals surface area contributed by atoms with Crippen LogP contribution in [0.5, 0.6) is 0 Å². The van der Waals surface area contributed by atoms with Crippen LogP contribution in [0, 0.1) is 27.7 Å². The quantitative estimate of drug-likeness (QED) is 0.656. The molecule has 1 saturated heterocycles. The van der Waals surface area contributed by atoms with Gasteiger partial charge in [-0.15, -0.1) is 10.2 Å². The Hall–Kier alpha value is -3.21. The van der Waals surface area contributed by atoms with E-state index in [1.165, 1.54) is 16.7 Å². The number of aromatic nitrogens is 2. The predicted molar refractivity (Wildman–Crippen MR) is 121 cm³/mol. The molecule has 0 unspecified atom stereocenters. The van der Waals surface area contributed by atoms with Gasteiger partial charge in [0.25, 0.3) is 5.91 Å². The van der Waals surface area contributed by atoms with Gasteiger partial charge in [-0.3, -0.25) is 4.79 Å². The monoisotopic (exact) mass is 400 g/mol. The highest BCUT2D eigenvalue weighted by Gasteiger charge is 2.24. The van der Waals surface area contributed by atoms with Crippen molar-refractivity contribution in [3.8, 4) is 11.3 Å². The Balaban J connectivity index is 1.44. The number of hydrogen-bond donors (Lipinski definition) is 0. The first-order valence-corrected chi connectivity index (χ1v) is 10.5. The third-order valence-corrected chi connectivity index (χ3v) is 6.03. The number of carbonyl (C=O) groups excluding carboxylic acids is 1. The van der Waals surface area contributed by atoms with E-state index in [1.807, 2.05) is 48.2 Å². The highest BCUT2D eigenvalue weighted by atomic mass is 16.2. The molecule has 2 aromatic carbocycles. The lowest BCUT2D eigenvalue weighted by molar-refractivity contribution is 0.0745. The molecule has 0 atom stereocenters. The van der Waals surface area contributed by atoms with Gasteiger partial charge in [0.2, 0.25) is 0 Å². The fraction of sp³-hybridized carbons (Fsp3) is 0.320. The molecule has 0 bridgehead atoms. The molecule has 2 heterocycles. The number of benzene rings is 2. The van der Waals surface area contributed by atoms with Crippen LogP contribution in [0.1, 0.15) is 32.6 Å². The van der Waals surface area contributed by atoms with Crippen LogP contribution >= 0.6 is 0 Å². The second kappa shape index (κ2) is 8.27. The second-order valence-electron chi connectivity index (χ2n) is 8.12. The van der Waals surface area contributed by atoms with Crippen LogP contribution in [0.25, 0.3) is 11.3 Å². The van der Waals surface area contributed by atoms with Crippen molar-refractivity contribution in [1.82, 2.24) is 15.1 Å². The van der Waals surface area contributed by atoms with Gasteiger partial charge in [-0.1, -0.05) is 24.3 Å². The molecule has 4 rings (SSSR count). The van der Waals surface area contributed by atoms with E-state index in [0.29, 0.717) is 13.1 Å². The summed E-state index contributed by atoms with van der Waals surface area (Å²) in [7, 11) is 0. The molecule has 0 spiro atoms. The van der Waals surface area contributed by atoms with Crippen LogP contribution in [-0.4, -0.2) is 47.2 Å². The predicted octanol–water partition coefficient (Wildman–Crippen LogP) is 4.34. The summed E-state index contributed by atoms with van der Waals surface area (Å²) < 4.78 is 0. The Morgan fingerprint density at radius 1 is 0.767 bits per heavy atom. The number of anilines is 1. The van der Waals surface area contributed by atoms with Crippen molar-refractivity contribution in [1.29, 1.82) is 0 Å². The zero-order valence-electron chi connectivity index (χ0n) is 18.1. The zero-order chi connectivity index (χ0) is 21.3. The first-order chi connectivity index (χ1) is 14.4. The van der Waals surface area contributed by atoms with Gasteiger partial charge in [0, 0.05) is 37.3 Å². The van der Waals surface area contributed by atoms with Crippen LogP contribution < -0.4 is 4.90 Å². The van der Waals surface area contributed by atoms with Crippen molar-refractivity contribution in [2.75, 3.05) is 31.1 Å². The van der Waals surface area contributed by atoms with Crippen LogP contribution in [0.15, 0.2) is 48.5 Å². The summed E-state index contributed by atoms with van der Waals surface area (Å²) in [4.78, 5) is 17.0. The van der Waals surface area contributed by atoms with E-state index >= 15 is 0 Å². The van der Waals surface area contributed by atoms with Crippen molar-refractivity contribution < 1.29 is 4.79 Å². The molecule has 5 heteroatoms. The van der Waals surface area contributed by atoms with E-state index in [4.69, 9.17) is 0 Å². The SMILES string of the molecule is Cc1cc(C)c(-c2ccc(N3CCN(C(=O)c4ccccc4C)CC3)nn2)cc1C. The van der Waals surface area contributed by atoms with Crippen molar-refractivity contribution in [3.63, 3.8) is 0 Å². The number of rotatable bonds is 3. The summed E-state index contributed by atoms with van der Waals surface area (Å²) >= 11 is 0. The van der Waals surface area contributed by atoms with Gasteiger partial charge in [0.15, 0.2) is 5.82 Å². The number of hydrogen-bond acceptors (Lipinski definition) is 4. The Labute approximate surface area is 178 Å². The lowest BCUT2D eigenvalue weighted by Crippen LogP contribution is -2.49. The second-order valence-corrected chi connectivity index (χ2v) is 8.12. The Morgan fingerprint density at radius 2 is 1.47 bits per heavy atom. The normalized spacial score (nSPS) is 14.1. The molecule has 3 aromatic rings. The van der Waals surface area contributed by atoms with Crippen molar-refractivity contribution in [2.24, 2.45) is 0 Å². The maximum atomic E-state index is 12.8. The summed E-state index contributed by atoms with van der Waals surface area (Å²) in [5, 5.41) is 8.98. The van der Waals surface area contributed by atoms with Crippen LogP contribution in [0.4, 0.5) is 5.82 Å². The van der Waals surface area contributed by atoms with Crippen molar-refractivity contribution in [2.45, 2.75) is 27.7 Å². The van der Waals surface area contributed by atoms with Crippen LogP contribution in [0.3, 0.4) is 0 Å². The minimum Gasteiger partial charge on any atom is -0.352 e. The average Bonchev–Trinajstić information content (AvgIpc) is 2.76. The van der Waals surface area contributed by atoms with Crippen molar-refractivity contribution >= 4 is 11.7 Å². The van der Waals surface area contributed by atoms with Gasteiger partial charge in [0.1, 0.15) is 0 Å². The summed E-state index contributed by atoms with van der Waals surface area (Å²) in [6, 6.07) is 16.2. The maximum absolute atomic E-state index is 12.8. The third-order valence-electron chi connectivity index (χ3n) is 6.03.